The van der Waals surface area contributed by atoms with Crippen molar-refractivity contribution in [3.05, 3.63) is 17.7 Å². The fourth-order valence-corrected chi connectivity index (χ4v) is 2.88. The lowest BCUT2D eigenvalue weighted by Crippen LogP contribution is -2.23. The van der Waals surface area contributed by atoms with Crippen LogP contribution in [0.5, 0.6) is 17.2 Å². The predicted octanol–water partition coefficient (Wildman–Crippen LogP) is 3.16. The molecule has 1 aromatic rings. The Morgan fingerprint density at radius 2 is 1.62 bits per heavy atom. The quantitative estimate of drug-likeness (QED) is 0.875. The molecule has 0 aromatic heterocycles. The lowest BCUT2D eigenvalue weighted by atomic mass is 9.89. The fourth-order valence-electron chi connectivity index (χ4n) is 2.88. The largest absolute Gasteiger partial charge is 0.493 e. The minimum absolute atomic E-state index is 0.254. The number of rotatable bonds is 6. The lowest BCUT2D eigenvalue weighted by Gasteiger charge is -2.28. The molecule has 1 saturated carbocycles. The number of hydrogen-bond donors (Lipinski definition) is 1. The van der Waals surface area contributed by atoms with E-state index in [2.05, 4.69) is 6.92 Å². The summed E-state index contributed by atoms with van der Waals surface area (Å²) in [4.78, 5) is 0. The van der Waals surface area contributed by atoms with Crippen LogP contribution in [0.3, 0.4) is 0 Å². The van der Waals surface area contributed by atoms with E-state index in [-0.39, 0.29) is 6.10 Å². The van der Waals surface area contributed by atoms with E-state index in [4.69, 9.17) is 19.9 Å². The molecule has 0 atom stereocenters. The molecule has 1 aliphatic carbocycles. The fraction of sp³-hybridized carbons (Fsp3) is 0.647. The Bertz CT molecular complexity index is 428. The first kappa shape index (κ1) is 16.0. The number of ether oxygens (including phenoxy) is 3. The normalized spacial score (nSPS) is 21.9. The minimum Gasteiger partial charge on any atom is -0.493 e. The molecule has 2 N–H and O–H groups in total. The molecule has 21 heavy (non-hydrogen) atoms. The van der Waals surface area contributed by atoms with Crippen molar-refractivity contribution in [1.82, 2.24) is 0 Å². The third kappa shape index (κ3) is 4.03. The number of benzene rings is 1. The summed E-state index contributed by atoms with van der Waals surface area (Å²) in [5.41, 5.74) is 6.74. The SMILES string of the molecule is COc1cc(CCN)cc(OC)c1OC1CCC(C)CC1. The molecule has 4 heteroatoms. The van der Waals surface area contributed by atoms with Crippen LogP contribution in [-0.4, -0.2) is 26.9 Å². The molecule has 0 amide bonds. The van der Waals surface area contributed by atoms with Crippen molar-refractivity contribution in [1.29, 1.82) is 0 Å². The summed E-state index contributed by atoms with van der Waals surface area (Å²) >= 11 is 0. The van der Waals surface area contributed by atoms with Crippen molar-refractivity contribution in [2.75, 3.05) is 20.8 Å². The molecule has 0 unspecified atom stereocenters. The molecule has 0 saturated heterocycles. The third-order valence-corrected chi connectivity index (χ3v) is 4.20. The summed E-state index contributed by atoms with van der Waals surface area (Å²) in [6, 6.07) is 3.99. The lowest BCUT2D eigenvalue weighted by molar-refractivity contribution is 0.126. The molecule has 0 heterocycles. The molecule has 2 rings (SSSR count). The molecule has 0 aliphatic heterocycles. The van der Waals surface area contributed by atoms with Crippen LogP contribution in [-0.2, 0) is 6.42 Å². The summed E-state index contributed by atoms with van der Waals surface area (Å²) in [7, 11) is 3.33. The van der Waals surface area contributed by atoms with Gasteiger partial charge in [-0.3, -0.25) is 0 Å². The van der Waals surface area contributed by atoms with Gasteiger partial charge in [0.05, 0.1) is 20.3 Å². The zero-order chi connectivity index (χ0) is 15.2. The standard InChI is InChI=1S/C17H27NO3/c1-12-4-6-14(7-5-12)21-17-15(19-2)10-13(8-9-18)11-16(17)20-3/h10-12,14H,4-9,18H2,1-3H3. The van der Waals surface area contributed by atoms with Crippen LogP contribution < -0.4 is 19.9 Å². The van der Waals surface area contributed by atoms with Crippen LogP contribution in [0.4, 0.5) is 0 Å². The van der Waals surface area contributed by atoms with Gasteiger partial charge in [-0.1, -0.05) is 6.92 Å². The molecular weight excluding hydrogens is 266 g/mol. The van der Waals surface area contributed by atoms with Crippen LogP contribution in [0.15, 0.2) is 12.1 Å². The highest BCUT2D eigenvalue weighted by Crippen LogP contribution is 2.41. The molecular formula is C17H27NO3. The van der Waals surface area contributed by atoms with Gasteiger partial charge in [0.1, 0.15) is 0 Å². The maximum Gasteiger partial charge on any atom is 0.203 e. The zero-order valence-electron chi connectivity index (χ0n) is 13.4. The first-order valence-corrected chi connectivity index (χ1v) is 7.79. The van der Waals surface area contributed by atoms with E-state index >= 15 is 0 Å². The average Bonchev–Trinajstić information content (AvgIpc) is 2.50. The van der Waals surface area contributed by atoms with Crippen molar-refractivity contribution in [2.45, 2.75) is 45.1 Å². The number of methoxy groups -OCH3 is 2. The highest BCUT2D eigenvalue weighted by atomic mass is 16.5. The Kier molecular flexibility index (Phi) is 5.74. The topological polar surface area (TPSA) is 53.7 Å². The van der Waals surface area contributed by atoms with Gasteiger partial charge in [-0.25, -0.2) is 0 Å². The molecule has 1 aliphatic rings. The summed E-state index contributed by atoms with van der Waals surface area (Å²) in [5.74, 6) is 2.99. The Morgan fingerprint density at radius 1 is 1.05 bits per heavy atom. The Hall–Kier alpha value is -1.42. The molecule has 4 nitrogen and oxygen atoms in total. The summed E-state index contributed by atoms with van der Waals surface area (Å²) in [5, 5.41) is 0. The maximum absolute atomic E-state index is 6.20. The van der Waals surface area contributed by atoms with E-state index in [9.17, 15) is 0 Å². The molecule has 0 bridgehead atoms. The van der Waals surface area contributed by atoms with Gasteiger partial charge < -0.3 is 19.9 Å². The Morgan fingerprint density at radius 3 is 2.10 bits per heavy atom. The first-order chi connectivity index (χ1) is 10.2. The maximum atomic E-state index is 6.20. The Balaban J connectivity index is 2.20. The Labute approximate surface area is 127 Å². The second-order valence-corrected chi connectivity index (χ2v) is 5.87. The van der Waals surface area contributed by atoms with E-state index in [1.807, 2.05) is 12.1 Å². The molecule has 1 fully saturated rings. The second kappa shape index (κ2) is 7.55. The second-order valence-electron chi connectivity index (χ2n) is 5.87. The number of hydrogen-bond acceptors (Lipinski definition) is 4. The van der Waals surface area contributed by atoms with Gasteiger partial charge in [-0.2, -0.15) is 0 Å². The van der Waals surface area contributed by atoms with Crippen molar-refractivity contribution in [3.63, 3.8) is 0 Å². The van der Waals surface area contributed by atoms with E-state index in [0.29, 0.717) is 6.54 Å². The first-order valence-electron chi connectivity index (χ1n) is 7.79. The van der Waals surface area contributed by atoms with Crippen LogP contribution >= 0.6 is 0 Å². The summed E-state index contributed by atoms with van der Waals surface area (Å²) < 4.78 is 17.2. The van der Waals surface area contributed by atoms with Crippen LogP contribution in [0, 0.1) is 5.92 Å². The van der Waals surface area contributed by atoms with E-state index < -0.39 is 0 Å². The molecule has 0 spiro atoms. The van der Waals surface area contributed by atoms with Gasteiger partial charge in [0.2, 0.25) is 5.75 Å². The zero-order valence-corrected chi connectivity index (χ0v) is 13.4. The van der Waals surface area contributed by atoms with E-state index in [1.165, 1.54) is 12.8 Å². The molecule has 0 radical (unpaired) electrons. The molecule has 118 valence electrons. The summed E-state index contributed by atoms with van der Waals surface area (Å²) in [6.45, 7) is 2.91. The smallest absolute Gasteiger partial charge is 0.203 e. The van der Waals surface area contributed by atoms with Gasteiger partial charge in [0, 0.05) is 0 Å². The van der Waals surface area contributed by atoms with E-state index in [1.54, 1.807) is 14.2 Å². The van der Waals surface area contributed by atoms with Crippen molar-refractivity contribution >= 4 is 0 Å². The highest BCUT2D eigenvalue weighted by molar-refractivity contribution is 5.54. The van der Waals surface area contributed by atoms with Crippen molar-refractivity contribution in [3.8, 4) is 17.2 Å². The van der Waals surface area contributed by atoms with Gasteiger partial charge >= 0.3 is 0 Å². The van der Waals surface area contributed by atoms with Gasteiger partial charge in [-0.05, 0) is 62.3 Å². The molecule has 1 aromatic carbocycles. The number of nitrogens with two attached hydrogens (primary N) is 1. The third-order valence-electron chi connectivity index (χ3n) is 4.20. The monoisotopic (exact) mass is 293 g/mol. The predicted molar refractivity (Wildman–Crippen MR) is 84.4 cm³/mol. The van der Waals surface area contributed by atoms with Gasteiger partial charge in [0.15, 0.2) is 11.5 Å². The average molecular weight is 293 g/mol. The van der Waals surface area contributed by atoms with Crippen molar-refractivity contribution < 1.29 is 14.2 Å². The minimum atomic E-state index is 0.254. The van der Waals surface area contributed by atoms with Gasteiger partial charge in [-0.15, -0.1) is 0 Å². The van der Waals surface area contributed by atoms with Crippen LogP contribution in [0.25, 0.3) is 0 Å². The van der Waals surface area contributed by atoms with Gasteiger partial charge in [0.25, 0.3) is 0 Å². The summed E-state index contributed by atoms with van der Waals surface area (Å²) in [6.07, 6.45) is 5.69. The van der Waals surface area contributed by atoms with Crippen molar-refractivity contribution in [2.24, 2.45) is 11.7 Å². The van der Waals surface area contributed by atoms with Crippen LogP contribution in [0.2, 0.25) is 0 Å². The van der Waals surface area contributed by atoms with E-state index in [0.717, 1.165) is 48.0 Å². The highest BCUT2D eigenvalue weighted by Gasteiger charge is 2.23. The van der Waals surface area contributed by atoms with Crippen LogP contribution in [0.1, 0.15) is 38.2 Å².